The Labute approximate surface area is 738 Å². The van der Waals surface area contributed by atoms with E-state index in [1.54, 1.807) is 18.5 Å². The van der Waals surface area contributed by atoms with Crippen LogP contribution in [0.3, 0.4) is 0 Å². The zero-order valence-corrected chi connectivity index (χ0v) is 70.4. The molecule has 0 radical (unpaired) electrons. The number of para-hydroxylation sites is 4. The fraction of sp³-hybridized carbons (Fsp3) is 0.0727. The Morgan fingerprint density at radius 2 is 0.627 bits per heavy atom. The molecule has 5 aliphatic rings. The van der Waals surface area contributed by atoms with Crippen molar-refractivity contribution in [1.29, 1.82) is 10.5 Å². The number of rotatable bonds is 10. The van der Waals surface area contributed by atoms with Crippen molar-refractivity contribution < 1.29 is 18.8 Å². The van der Waals surface area contributed by atoms with E-state index < -0.39 is 29.2 Å². The highest BCUT2D eigenvalue weighted by Gasteiger charge is 2.57. The van der Waals surface area contributed by atoms with E-state index in [0.717, 1.165) is 155 Å². The molecule has 3 aliphatic heterocycles. The molecule has 2 spiro atoms. The molecule has 2 unspecified atom stereocenters. The van der Waals surface area contributed by atoms with Gasteiger partial charge in [0, 0.05) is 72.5 Å². The SMILES string of the molecule is CC1(C)OB(c2cccc3c2-c2ccccc2C32c3ccccc3Oc3c(-c4nc(-c5ccccc5)nc(-c5ccccc5)n4)cccc32)OC1(C)C.N#Cc1cc(-c2ccccn2)cc(-c2cccc3c2-c2ccccc2C32c3ccccc3Oc3c(-c4nc(-c5ccccc5)nc(-c5ccccc5)n4)cccc32)c1.N#Cc1cc(Br)cc(-c2ccccn2)c1. The van der Waals surface area contributed by atoms with Crippen molar-refractivity contribution >= 4 is 28.5 Å². The van der Waals surface area contributed by atoms with Crippen molar-refractivity contribution in [2.75, 3.05) is 0 Å². The van der Waals surface area contributed by atoms with Gasteiger partial charge in [0.15, 0.2) is 34.9 Å². The first-order chi connectivity index (χ1) is 61.8. The van der Waals surface area contributed by atoms with E-state index in [1.807, 2.05) is 200 Å². The van der Waals surface area contributed by atoms with Gasteiger partial charge in [-0.1, -0.05) is 295 Å². The van der Waals surface area contributed by atoms with E-state index >= 15 is 0 Å². The lowest BCUT2D eigenvalue weighted by Crippen LogP contribution is -2.41. The number of halogens is 1. The molecule has 1 fully saturated rings. The first-order valence-electron chi connectivity index (χ1n) is 41.7. The van der Waals surface area contributed by atoms with Crippen molar-refractivity contribution in [3.63, 3.8) is 0 Å². The first kappa shape index (κ1) is 77.7. The number of nitrogens with zero attached hydrogens (tertiary/aromatic N) is 10. The van der Waals surface area contributed by atoms with Gasteiger partial charge < -0.3 is 18.8 Å². The van der Waals surface area contributed by atoms with Crippen molar-refractivity contribution in [2.45, 2.75) is 49.7 Å². The molecule has 0 bridgehead atoms. The lowest BCUT2D eigenvalue weighted by Gasteiger charge is -2.40. The maximum absolute atomic E-state index is 10.2. The number of nitriles is 2. The quantitative estimate of drug-likeness (QED) is 0.118. The highest BCUT2D eigenvalue weighted by Crippen LogP contribution is 2.66. The summed E-state index contributed by atoms with van der Waals surface area (Å²) in [7, 11) is -0.530. The number of ether oxygens (including phenoxy) is 2. The number of hydrogen-bond acceptors (Lipinski definition) is 14. The van der Waals surface area contributed by atoms with Crippen LogP contribution in [0, 0.1) is 22.7 Å². The van der Waals surface area contributed by atoms with Gasteiger partial charge in [0.2, 0.25) is 0 Å². The zero-order valence-electron chi connectivity index (χ0n) is 68.9. The largest absolute Gasteiger partial charge is 0.495 e. The molecule has 7 heterocycles. The van der Waals surface area contributed by atoms with E-state index in [-0.39, 0.29) is 0 Å². The van der Waals surface area contributed by atoms with Crippen LogP contribution in [0.5, 0.6) is 23.0 Å². The molecule has 0 N–H and O–H groups in total. The van der Waals surface area contributed by atoms with Gasteiger partial charge in [0.05, 0.1) is 67.8 Å². The molecule has 598 valence electrons. The summed E-state index contributed by atoms with van der Waals surface area (Å²) in [6, 6.07) is 128. The molecular formula is C110H74BBrN10O4. The Morgan fingerprint density at radius 3 is 1.07 bits per heavy atom. The molecule has 0 saturated carbocycles. The molecule has 0 amide bonds. The van der Waals surface area contributed by atoms with Crippen molar-refractivity contribution in [3.05, 3.63) is 436 Å². The Kier molecular flexibility index (Phi) is 19.6. The summed E-state index contributed by atoms with van der Waals surface area (Å²) in [4.78, 5) is 39.3. The number of pyridine rings is 2. The van der Waals surface area contributed by atoms with Gasteiger partial charge in [-0.15, -0.1) is 0 Å². The molecule has 126 heavy (non-hydrogen) atoms. The van der Waals surface area contributed by atoms with Gasteiger partial charge in [-0.2, -0.15) is 10.5 Å². The molecule has 18 aromatic rings. The maximum Gasteiger partial charge on any atom is 0.495 e. The third kappa shape index (κ3) is 13.2. The van der Waals surface area contributed by atoms with Gasteiger partial charge in [-0.25, -0.2) is 29.9 Å². The number of hydrogen-bond donors (Lipinski definition) is 0. The molecule has 2 aliphatic carbocycles. The summed E-state index contributed by atoms with van der Waals surface area (Å²) in [5, 5.41) is 19.1. The second-order valence-corrected chi connectivity index (χ2v) is 33.4. The van der Waals surface area contributed by atoms with Gasteiger partial charge in [0.25, 0.3) is 0 Å². The van der Waals surface area contributed by atoms with Crippen LogP contribution in [-0.2, 0) is 20.1 Å². The molecular weight excluding hydrogens is 1620 g/mol. The van der Waals surface area contributed by atoms with Crippen molar-refractivity contribution in [2.24, 2.45) is 0 Å². The van der Waals surface area contributed by atoms with Crippen LogP contribution in [0.1, 0.15) is 83.3 Å². The van der Waals surface area contributed by atoms with Crippen molar-refractivity contribution in [3.8, 4) is 159 Å². The predicted octanol–water partition coefficient (Wildman–Crippen LogP) is 25.0. The molecule has 14 aromatic carbocycles. The molecule has 4 aromatic heterocycles. The lowest BCUT2D eigenvalue weighted by atomic mass is 9.65. The topological polar surface area (TPSA) is 188 Å². The standard InChI is InChI=1S/C52H31N5O.C46H36BN3O3.C12H7BrN2/c53-32-33-29-36(31-37(30-33)45-26-11-12-28-54-45)38-20-13-24-43-47(38)39-19-7-8-22-41(39)52(43)42-23-9-10-27-46(42)58-48-40(21-14-25-44(48)52)51-56-49(34-15-3-1-4-16-34)55-50(57-51)35-17-5-2-6-18-35;1-44(2)45(3,4)53-47(52-44)37-27-16-25-35-39(37)31-21-11-12-23-33(31)46(35)34-24-13-14-28-38(34)51-40-32(22-15-26-36(40)46)43-49-41(29-17-7-5-8-18-29)48-42(50-43)30-19-9-6-10-20-30;13-11-6-9(8-14)5-10(7-11)12-3-1-2-4-15-12/h1-31H;5-28H,1-4H3;1-7H. The fourth-order valence-corrected chi connectivity index (χ4v) is 18.9. The highest BCUT2D eigenvalue weighted by atomic mass is 79.9. The van der Waals surface area contributed by atoms with Crippen LogP contribution in [0.15, 0.2) is 381 Å². The third-order valence-corrected chi connectivity index (χ3v) is 25.2. The van der Waals surface area contributed by atoms with Gasteiger partial charge in [-0.3, -0.25) is 9.97 Å². The third-order valence-electron chi connectivity index (χ3n) is 24.7. The van der Waals surface area contributed by atoms with Gasteiger partial charge in [0.1, 0.15) is 23.0 Å². The predicted molar refractivity (Wildman–Crippen MR) is 498 cm³/mol. The Bertz CT molecular complexity index is 7290. The van der Waals surface area contributed by atoms with Gasteiger partial charge >= 0.3 is 7.12 Å². The minimum atomic E-state index is -0.754. The molecule has 14 nitrogen and oxygen atoms in total. The fourth-order valence-electron chi connectivity index (χ4n) is 18.5. The minimum Gasteiger partial charge on any atom is -0.456 e. The van der Waals surface area contributed by atoms with E-state index in [9.17, 15) is 5.26 Å². The van der Waals surface area contributed by atoms with E-state index in [2.05, 4.69) is 223 Å². The van der Waals surface area contributed by atoms with Crippen LogP contribution >= 0.6 is 15.9 Å². The van der Waals surface area contributed by atoms with Crippen LogP contribution in [-0.4, -0.2) is 58.2 Å². The molecule has 1 saturated heterocycles. The van der Waals surface area contributed by atoms with E-state index in [4.69, 9.17) is 53.9 Å². The number of aromatic nitrogens is 8. The highest BCUT2D eigenvalue weighted by molar-refractivity contribution is 9.10. The summed E-state index contributed by atoms with van der Waals surface area (Å²) in [6.45, 7) is 8.41. The monoisotopic (exact) mass is 1690 g/mol. The van der Waals surface area contributed by atoms with Gasteiger partial charge in [-0.05, 0) is 174 Å². The lowest BCUT2D eigenvalue weighted by molar-refractivity contribution is 0.00578. The normalized spacial score (nSPS) is 15.6. The Balaban J connectivity index is 0.000000132. The van der Waals surface area contributed by atoms with Crippen LogP contribution in [0.4, 0.5) is 0 Å². The average Bonchev–Trinajstić information content (AvgIpc) is 1.50. The number of benzene rings is 14. The first-order valence-corrected chi connectivity index (χ1v) is 42.5. The summed E-state index contributed by atoms with van der Waals surface area (Å²) in [5.74, 6) is 6.40. The molecule has 2 atom stereocenters. The van der Waals surface area contributed by atoms with E-state index in [1.165, 1.54) is 5.56 Å². The Hall–Kier alpha value is -15.6. The maximum atomic E-state index is 10.2. The van der Waals surface area contributed by atoms with Crippen LogP contribution < -0.4 is 14.9 Å². The van der Waals surface area contributed by atoms with Crippen molar-refractivity contribution in [1.82, 2.24) is 39.9 Å². The molecule has 23 rings (SSSR count). The van der Waals surface area contributed by atoms with E-state index in [0.29, 0.717) is 51.8 Å². The molecule has 16 heteroatoms. The summed E-state index contributed by atoms with van der Waals surface area (Å²) < 4.78 is 28.4. The van der Waals surface area contributed by atoms with Crippen LogP contribution in [0.2, 0.25) is 0 Å². The average molecular weight is 1690 g/mol. The Morgan fingerprint density at radius 1 is 0.286 bits per heavy atom. The summed E-state index contributed by atoms with van der Waals surface area (Å²) >= 11 is 3.37. The minimum absolute atomic E-state index is 0.481. The smallest absolute Gasteiger partial charge is 0.456 e. The second kappa shape index (κ2) is 31.7. The number of fused-ring (bicyclic) bond motifs is 18. The second-order valence-electron chi connectivity index (χ2n) is 32.5. The zero-order chi connectivity index (χ0) is 85.3. The summed E-state index contributed by atoms with van der Waals surface area (Å²) in [5.41, 5.74) is 23.8. The summed E-state index contributed by atoms with van der Waals surface area (Å²) in [6.07, 6.45) is 3.52. The van der Waals surface area contributed by atoms with Crippen LogP contribution in [0.25, 0.3) is 124 Å².